The van der Waals surface area contributed by atoms with Crippen molar-refractivity contribution in [2.75, 3.05) is 4.72 Å². The van der Waals surface area contributed by atoms with E-state index in [0.29, 0.717) is 23.1 Å². The molecule has 5 rings (SSSR count). The number of benzene rings is 1. The molecule has 2 heterocycles. The zero-order valence-corrected chi connectivity index (χ0v) is 22.0. The summed E-state index contributed by atoms with van der Waals surface area (Å²) in [6, 6.07) is 13.1. The third-order valence-electron chi connectivity index (χ3n) is 7.83. The van der Waals surface area contributed by atoms with Crippen LogP contribution in [0.25, 0.3) is 0 Å². The molecule has 2 saturated carbocycles. The van der Waals surface area contributed by atoms with Gasteiger partial charge in [0.2, 0.25) is 5.09 Å². The number of hydrogen-bond acceptors (Lipinski definition) is 6. The van der Waals surface area contributed by atoms with E-state index >= 15 is 0 Å². The van der Waals surface area contributed by atoms with Crippen LogP contribution in [0.15, 0.2) is 67.3 Å². The zero-order chi connectivity index (χ0) is 26.0. The van der Waals surface area contributed by atoms with Gasteiger partial charge in [-0.1, -0.05) is 57.2 Å². The molecule has 3 aromatic rings. The molecule has 0 bridgehead atoms. The second kappa shape index (κ2) is 10.8. The van der Waals surface area contributed by atoms with Gasteiger partial charge in [0.15, 0.2) is 0 Å². The maximum atomic E-state index is 13.3. The van der Waals surface area contributed by atoms with Crippen LogP contribution >= 0.6 is 0 Å². The van der Waals surface area contributed by atoms with Crippen LogP contribution in [0, 0.1) is 11.8 Å². The van der Waals surface area contributed by atoms with Crippen LogP contribution in [-0.4, -0.2) is 13.5 Å². The second-order valence-electron chi connectivity index (χ2n) is 10.5. The molecular formula is C29H35NO6S. The number of furan rings is 1. The lowest BCUT2D eigenvalue weighted by Gasteiger charge is -2.25. The maximum absolute atomic E-state index is 13.3. The van der Waals surface area contributed by atoms with E-state index in [1.165, 1.54) is 38.2 Å². The largest absolute Gasteiger partial charge is 0.507 e. The van der Waals surface area contributed by atoms with Gasteiger partial charge in [-0.15, -0.1) is 0 Å². The number of hydrogen-bond donors (Lipinski definition) is 2. The predicted octanol–water partition coefficient (Wildman–Crippen LogP) is 6.75. The van der Waals surface area contributed by atoms with Gasteiger partial charge in [-0.25, -0.2) is 4.79 Å². The van der Waals surface area contributed by atoms with Gasteiger partial charge in [0, 0.05) is 17.7 Å². The van der Waals surface area contributed by atoms with Crippen molar-refractivity contribution in [1.82, 2.24) is 0 Å². The van der Waals surface area contributed by atoms with Crippen molar-refractivity contribution in [3.63, 3.8) is 0 Å². The second-order valence-corrected chi connectivity index (χ2v) is 12.1. The molecule has 2 aliphatic rings. The monoisotopic (exact) mass is 525 g/mol. The lowest BCUT2D eigenvalue weighted by atomic mass is 9.81. The van der Waals surface area contributed by atoms with Crippen LogP contribution in [0.2, 0.25) is 0 Å². The summed E-state index contributed by atoms with van der Waals surface area (Å²) < 4.78 is 39.9. The minimum absolute atomic E-state index is 0.0765. The van der Waals surface area contributed by atoms with E-state index in [1.807, 2.05) is 0 Å². The fourth-order valence-electron chi connectivity index (χ4n) is 5.70. The highest BCUT2D eigenvalue weighted by atomic mass is 32.2. The Morgan fingerprint density at radius 1 is 0.973 bits per heavy atom. The first kappa shape index (κ1) is 25.6. The van der Waals surface area contributed by atoms with Gasteiger partial charge in [0.25, 0.3) is 10.0 Å². The van der Waals surface area contributed by atoms with Crippen molar-refractivity contribution in [2.24, 2.45) is 11.8 Å². The Labute approximate surface area is 218 Å². The smallest absolute Gasteiger partial charge is 0.343 e. The van der Waals surface area contributed by atoms with Crippen molar-refractivity contribution in [3.05, 3.63) is 76.0 Å². The molecule has 0 amide bonds. The summed E-state index contributed by atoms with van der Waals surface area (Å²) in [5.41, 5.74) is -0.00271. The third-order valence-corrected chi connectivity index (χ3v) is 9.08. The predicted molar refractivity (Wildman–Crippen MR) is 141 cm³/mol. The van der Waals surface area contributed by atoms with Gasteiger partial charge in [0.1, 0.15) is 17.3 Å². The molecule has 1 aromatic carbocycles. The molecule has 0 aliphatic heterocycles. The van der Waals surface area contributed by atoms with Crippen molar-refractivity contribution < 1.29 is 22.4 Å². The van der Waals surface area contributed by atoms with Gasteiger partial charge in [-0.3, -0.25) is 4.72 Å². The summed E-state index contributed by atoms with van der Waals surface area (Å²) >= 11 is 0. The number of rotatable bonds is 10. The Hall–Kier alpha value is -3.00. The van der Waals surface area contributed by atoms with Crippen molar-refractivity contribution in [2.45, 2.75) is 81.6 Å². The Bertz CT molecular complexity index is 1370. The van der Waals surface area contributed by atoms with Gasteiger partial charge >= 0.3 is 5.63 Å². The van der Waals surface area contributed by atoms with E-state index in [0.717, 1.165) is 25.7 Å². The van der Waals surface area contributed by atoms with E-state index in [9.17, 15) is 18.3 Å². The Morgan fingerprint density at radius 3 is 2.35 bits per heavy atom. The molecule has 37 heavy (non-hydrogen) atoms. The Balaban J connectivity index is 1.41. The first-order chi connectivity index (χ1) is 17.9. The molecule has 0 spiro atoms. The van der Waals surface area contributed by atoms with Crippen molar-refractivity contribution in [3.8, 4) is 5.75 Å². The topological polar surface area (TPSA) is 110 Å². The van der Waals surface area contributed by atoms with Crippen molar-refractivity contribution >= 4 is 15.7 Å². The van der Waals surface area contributed by atoms with E-state index < -0.39 is 21.6 Å². The molecule has 2 unspecified atom stereocenters. The van der Waals surface area contributed by atoms with E-state index in [4.69, 9.17) is 8.83 Å². The first-order valence-corrected chi connectivity index (χ1v) is 14.9. The van der Waals surface area contributed by atoms with Gasteiger partial charge < -0.3 is 13.9 Å². The fourth-order valence-corrected chi connectivity index (χ4v) is 6.70. The summed E-state index contributed by atoms with van der Waals surface area (Å²) in [6.07, 6.45) is 9.70. The normalized spacial score (nSPS) is 18.4. The molecule has 2 aliphatic carbocycles. The first-order valence-electron chi connectivity index (χ1n) is 13.4. The van der Waals surface area contributed by atoms with Gasteiger partial charge in [0.05, 0.1) is 11.5 Å². The van der Waals surface area contributed by atoms with Crippen LogP contribution in [0.4, 0.5) is 5.69 Å². The summed E-state index contributed by atoms with van der Waals surface area (Å²) in [6.45, 7) is 2.08. The van der Waals surface area contributed by atoms with E-state index in [2.05, 4.69) is 11.6 Å². The fraction of sp³-hybridized carbons (Fsp3) is 0.483. The van der Waals surface area contributed by atoms with Crippen LogP contribution in [0.1, 0.15) is 93.6 Å². The number of aromatic hydroxyl groups is 1. The Kier molecular flexibility index (Phi) is 7.47. The summed E-state index contributed by atoms with van der Waals surface area (Å²) in [7, 11) is -3.95. The van der Waals surface area contributed by atoms with Crippen LogP contribution in [-0.2, 0) is 10.0 Å². The lowest BCUT2D eigenvalue weighted by Crippen LogP contribution is -2.18. The molecule has 2 atom stereocenters. The molecule has 198 valence electrons. The van der Waals surface area contributed by atoms with Crippen LogP contribution in [0.3, 0.4) is 0 Å². The highest BCUT2D eigenvalue weighted by Crippen LogP contribution is 2.48. The Morgan fingerprint density at radius 2 is 1.70 bits per heavy atom. The summed E-state index contributed by atoms with van der Waals surface area (Å²) in [5.74, 6) is 0.979. The van der Waals surface area contributed by atoms with Gasteiger partial charge in [-0.05, 0) is 61.8 Å². The SMILES string of the molecule is CCC(CC1CCCCC1)c1cc(O)c(C(c2ccc(S(=O)(=O)Nc3ccccc3)o2)C2CC2)c(=O)o1. The minimum atomic E-state index is -3.95. The average molecular weight is 526 g/mol. The van der Waals surface area contributed by atoms with E-state index in [-0.39, 0.29) is 28.2 Å². The zero-order valence-electron chi connectivity index (χ0n) is 21.2. The summed E-state index contributed by atoms with van der Waals surface area (Å²) in [4.78, 5) is 13.3. The van der Waals surface area contributed by atoms with Crippen LogP contribution in [0.5, 0.6) is 5.75 Å². The number of sulfonamides is 1. The molecule has 8 heteroatoms. The molecular weight excluding hydrogens is 490 g/mol. The molecule has 2 fully saturated rings. The van der Waals surface area contributed by atoms with Crippen LogP contribution < -0.4 is 10.3 Å². The molecule has 2 N–H and O–H groups in total. The summed E-state index contributed by atoms with van der Waals surface area (Å²) in [5, 5.41) is 10.8. The molecule has 7 nitrogen and oxygen atoms in total. The highest BCUT2D eigenvalue weighted by molar-refractivity contribution is 7.92. The number of anilines is 1. The standard InChI is InChI=1S/C29H35NO6S/c1-2-20(17-19-9-5-3-6-10-19)25-18-23(31)28(29(32)36-25)27(21-13-14-21)24-15-16-26(35-24)37(33,34)30-22-11-7-4-8-12-22/h4,7-8,11-12,15-16,18-21,27,30-31H,2-3,5-6,9-10,13-14,17H2,1H3. The van der Waals surface area contributed by atoms with Gasteiger partial charge in [-0.2, -0.15) is 8.42 Å². The lowest BCUT2D eigenvalue weighted by molar-refractivity contribution is 0.289. The highest BCUT2D eigenvalue weighted by Gasteiger charge is 2.40. The molecule has 2 aromatic heterocycles. The molecule has 0 radical (unpaired) electrons. The van der Waals surface area contributed by atoms with Crippen molar-refractivity contribution in [1.29, 1.82) is 0 Å². The van der Waals surface area contributed by atoms with E-state index in [1.54, 1.807) is 42.5 Å². The minimum Gasteiger partial charge on any atom is -0.507 e. The third kappa shape index (κ3) is 5.79. The molecule has 0 saturated heterocycles. The average Bonchev–Trinajstić information content (AvgIpc) is 3.60. The quantitative estimate of drug-likeness (QED) is 0.303. The number of nitrogens with one attached hydrogen (secondary N) is 1. The number of para-hydroxylation sites is 1. The maximum Gasteiger partial charge on any atom is 0.343 e.